The second-order valence-electron chi connectivity index (χ2n) is 17.8. The first kappa shape index (κ1) is 39.3. The molecule has 6 heterocycles. The van der Waals surface area contributed by atoms with Crippen LogP contribution in [-0.2, 0) is 33.8 Å². The van der Waals surface area contributed by atoms with Crippen LogP contribution in [0.2, 0.25) is 0 Å². The van der Waals surface area contributed by atoms with E-state index in [4.69, 9.17) is 10.1 Å². The van der Waals surface area contributed by atoms with Gasteiger partial charge < -0.3 is 20.6 Å². The first-order chi connectivity index (χ1) is 29.0. The summed E-state index contributed by atoms with van der Waals surface area (Å²) in [6.07, 6.45) is 8.18. The van der Waals surface area contributed by atoms with Crippen LogP contribution in [0.15, 0.2) is 53.6 Å². The molecule has 16 nitrogen and oxygen atoms in total. The van der Waals surface area contributed by atoms with E-state index in [1.165, 1.54) is 0 Å². The van der Waals surface area contributed by atoms with E-state index >= 15 is 0 Å². The van der Waals surface area contributed by atoms with E-state index in [0.717, 1.165) is 85.9 Å². The Kier molecular flexibility index (Phi) is 9.99. The van der Waals surface area contributed by atoms with Gasteiger partial charge in [0.15, 0.2) is 5.82 Å². The summed E-state index contributed by atoms with van der Waals surface area (Å²) in [6.45, 7) is 7.45. The van der Waals surface area contributed by atoms with E-state index in [-0.39, 0.29) is 30.1 Å². The molecule has 10 rings (SSSR count). The van der Waals surface area contributed by atoms with Gasteiger partial charge in [0.05, 0.1) is 21.9 Å². The van der Waals surface area contributed by atoms with Crippen LogP contribution in [0.3, 0.4) is 0 Å². The number of piperazine rings is 1. The molecule has 3 atom stereocenters. The van der Waals surface area contributed by atoms with Crippen LogP contribution >= 0.6 is 0 Å². The van der Waals surface area contributed by atoms with Gasteiger partial charge in [-0.25, -0.2) is 18.2 Å². The third-order valence-corrected chi connectivity index (χ3v) is 15.7. The lowest BCUT2D eigenvalue weighted by Crippen LogP contribution is -2.51. The van der Waals surface area contributed by atoms with E-state index in [1.54, 1.807) is 21.5 Å². The SMILES string of the molecule is CC1CN(Cc2cccc(S(=O)(=O)N3CCC(Nc4ncc5c(n4)N([C@@H]4CCC[C@@H](O)C4)C(=O)C54CC4)CC3)c2)CCN1c1ccc2c(N3CCCNC3=O)nn(C)c2c1. The largest absolute Gasteiger partial charge is 0.393 e. The van der Waals surface area contributed by atoms with Crippen LogP contribution in [0.25, 0.3) is 10.9 Å². The minimum atomic E-state index is -3.70. The number of carbonyl (C=O) groups excluding carboxylic acids is 2. The molecule has 1 unspecified atom stereocenters. The Labute approximate surface area is 351 Å². The maximum absolute atomic E-state index is 14.0. The number of carbonyl (C=O) groups is 2. The molecule has 2 aromatic carbocycles. The molecule has 4 aromatic rings. The predicted octanol–water partition coefficient (Wildman–Crippen LogP) is 3.94. The number of aliphatic hydroxyl groups excluding tert-OH is 1. The average molecular weight is 838 g/mol. The smallest absolute Gasteiger partial charge is 0.323 e. The molecule has 2 aromatic heterocycles. The zero-order valence-corrected chi connectivity index (χ0v) is 35.3. The number of aryl methyl sites for hydroxylation is 1. The number of fused-ring (bicyclic) bond motifs is 3. The van der Waals surface area contributed by atoms with Crippen LogP contribution in [0, 0.1) is 0 Å². The Bertz CT molecular complexity index is 2430. The van der Waals surface area contributed by atoms with Crippen molar-refractivity contribution < 1.29 is 23.1 Å². The second-order valence-corrected chi connectivity index (χ2v) is 19.7. The third-order valence-electron chi connectivity index (χ3n) is 13.8. The quantitative estimate of drug-likeness (QED) is 0.223. The number of sulfonamides is 1. The number of nitrogens with zero attached hydrogens (tertiary/aromatic N) is 9. The van der Waals surface area contributed by atoms with Crippen molar-refractivity contribution in [2.24, 2.45) is 7.05 Å². The van der Waals surface area contributed by atoms with Crippen molar-refractivity contribution in [2.75, 3.05) is 65.8 Å². The van der Waals surface area contributed by atoms with Crippen molar-refractivity contribution in [3.8, 4) is 0 Å². The van der Waals surface area contributed by atoms with E-state index in [9.17, 15) is 23.1 Å². The molecule has 4 aliphatic heterocycles. The molecular formula is C43H55N11O5S. The first-order valence-corrected chi connectivity index (χ1v) is 23.2. The summed E-state index contributed by atoms with van der Waals surface area (Å²) < 4.78 is 31.4. The van der Waals surface area contributed by atoms with Crippen LogP contribution < -0.4 is 25.3 Å². The minimum absolute atomic E-state index is 0.00951. The van der Waals surface area contributed by atoms with Gasteiger partial charge in [-0.15, -0.1) is 0 Å². The number of benzene rings is 2. The number of amides is 3. The maximum Gasteiger partial charge on any atom is 0.323 e. The highest BCUT2D eigenvalue weighted by Gasteiger charge is 2.61. The number of aliphatic hydroxyl groups is 1. The molecule has 0 bridgehead atoms. The van der Waals surface area contributed by atoms with Crippen molar-refractivity contribution in [2.45, 2.75) is 106 Å². The van der Waals surface area contributed by atoms with E-state index in [2.05, 4.69) is 50.5 Å². The molecule has 3 saturated heterocycles. The lowest BCUT2D eigenvalue weighted by Gasteiger charge is -2.41. The Hall–Kier alpha value is -4.84. The number of nitrogens with one attached hydrogen (secondary N) is 2. The number of anilines is 4. The van der Waals surface area contributed by atoms with Gasteiger partial charge >= 0.3 is 6.03 Å². The topological polar surface area (TPSA) is 172 Å². The lowest BCUT2D eigenvalue weighted by molar-refractivity contribution is -0.121. The summed E-state index contributed by atoms with van der Waals surface area (Å²) in [5.74, 6) is 1.92. The average Bonchev–Trinajstić information content (AvgIpc) is 3.94. The van der Waals surface area contributed by atoms with Gasteiger partial charge in [-0.05, 0) is 101 Å². The van der Waals surface area contributed by atoms with Crippen molar-refractivity contribution >= 4 is 56.1 Å². The molecule has 6 aliphatic rings. The van der Waals surface area contributed by atoms with Crippen molar-refractivity contribution in [1.29, 1.82) is 0 Å². The second kappa shape index (κ2) is 15.3. The summed E-state index contributed by atoms with van der Waals surface area (Å²) in [6, 6.07) is 13.8. The Morgan fingerprint density at radius 1 is 0.967 bits per heavy atom. The summed E-state index contributed by atoms with van der Waals surface area (Å²) in [5, 5.41) is 22.4. The normalized spacial score (nSPS) is 25.2. The summed E-state index contributed by atoms with van der Waals surface area (Å²) in [7, 11) is -1.78. The molecular weight excluding hydrogens is 783 g/mol. The highest BCUT2D eigenvalue weighted by molar-refractivity contribution is 7.89. The highest BCUT2D eigenvalue weighted by atomic mass is 32.2. The van der Waals surface area contributed by atoms with Gasteiger partial charge in [-0.1, -0.05) is 12.1 Å². The molecule has 5 fully saturated rings. The molecule has 3 amide bonds. The van der Waals surface area contributed by atoms with Crippen LogP contribution in [0.4, 0.5) is 28.1 Å². The van der Waals surface area contributed by atoms with E-state index < -0.39 is 21.5 Å². The molecule has 2 saturated carbocycles. The third kappa shape index (κ3) is 6.96. The van der Waals surface area contributed by atoms with Gasteiger partial charge in [0.2, 0.25) is 21.9 Å². The Morgan fingerprint density at radius 3 is 2.57 bits per heavy atom. The number of piperidine rings is 1. The predicted molar refractivity (Wildman–Crippen MR) is 229 cm³/mol. The zero-order valence-electron chi connectivity index (χ0n) is 34.5. The number of rotatable bonds is 9. The van der Waals surface area contributed by atoms with Crippen molar-refractivity contribution in [3.63, 3.8) is 0 Å². The van der Waals surface area contributed by atoms with Crippen molar-refractivity contribution in [1.82, 2.24) is 34.3 Å². The van der Waals surface area contributed by atoms with Gasteiger partial charge in [-0.2, -0.15) is 14.4 Å². The van der Waals surface area contributed by atoms with Crippen LogP contribution in [0.1, 0.15) is 75.8 Å². The zero-order chi connectivity index (χ0) is 41.3. The molecule has 60 heavy (non-hydrogen) atoms. The number of hydrogen-bond acceptors (Lipinski definition) is 11. The number of urea groups is 1. The lowest BCUT2D eigenvalue weighted by atomic mass is 9.92. The van der Waals surface area contributed by atoms with Gasteiger partial charge in [0.1, 0.15) is 5.82 Å². The van der Waals surface area contributed by atoms with E-state index in [1.807, 2.05) is 34.8 Å². The number of hydrogen-bond donors (Lipinski definition) is 3. The summed E-state index contributed by atoms with van der Waals surface area (Å²) >= 11 is 0. The summed E-state index contributed by atoms with van der Waals surface area (Å²) in [5.41, 5.74) is 3.47. The first-order valence-electron chi connectivity index (χ1n) is 21.7. The fourth-order valence-electron chi connectivity index (χ4n) is 10.4. The van der Waals surface area contributed by atoms with Gasteiger partial charge in [0.25, 0.3) is 0 Å². The fourth-order valence-corrected chi connectivity index (χ4v) is 11.9. The molecule has 318 valence electrons. The standard InChI is InChI=1S/C43H55N11O5S/c1-28-26-50(20-21-52(28)31-10-11-35-37(24-31)49(2)48-38(35)53-17-5-16-44-42(53)57)27-29-6-3-9-34(22-29)60(58,59)51-18-12-30(13-19-51)46-41-45-25-36-39(47-41)54(40(56)43(36)14-15-43)32-7-4-8-33(55)23-32/h3,6,9-11,22,24-25,28,30,32-33,55H,4-5,7-8,12-21,23,26-27H2,1-2H3,(H,44,57)(H,45,46,47)/t28?,32-,33-/m1/s1. The number of aromatic nitrogens is 4. The van der Waals surface area contributed by atoms with Crippen molar-refractivity contribution in [3.05, 3.63) is 59.8 Å². The molecule has 0 radical (unpaired) electrons. The van der Waals surface area contributed by atoms with E-state index in [0.29, 0.717) is 74.5 Å². The molecule has 1 spiro atoms. The molecule has 2 aliphatic carbocycles. The van der Waals surface area contributed by atoms with Gasteiger partial charge in [0, 0.05) is 100 Å². The monoisotopic (exact) mass is 837 g/mol. The van der Waals surface area contributed by atoms with Crippen LogP contribution in [0.5, 0.6) is 0 Å². The Balaban J connectivity index is 0.754. The fraction of sp³-hybridized carbons (Fsp3) is 0.558. The van der Waals surface area contributed by atoms with Crippen LogP contribution in [-0.4, -0.2) is 124 Å². The van der Waals surface area contributed by atoms with Gasteiger partial charge in [-0.3, -0.25) is 24.2 Å². The molecule has 17 heteroatoms. The highest BCUT2D eigenvalue weighted by Crippen LogP contribution is 2.57. The Morgan fingerprint density at radius 2 is 1.80 bits per heavy atom. The maximum atomic E-state index is 14.0. The molecule has 3 N–H and O–H groups in total. The minimum Gasteiger partial charge on any atom is -0.393 e. The summed E-state index contributed by atoms with van der Waals surface area (Å²) in [4.78, 5) is 44.4.